The number of ether oxygens (including phenoxy) is 1. The highest BCUT2D eigenvalue weighted by molar-refractivity contribution is 9.10. The number of hydrogen-bond acceptors (Lipinski definition) is 3. The van der Waals surface area contributed by atoms with Crippen LogP contribution in [-0.2, 0) is 6.61 Å². The van der Waals surface area contributed by atoms with Crippen molar-refractivity contribution in [3.05, 3.63) is 51.5 Å². The number of benzene rings is 1. The van der Waals surface area contributed by atoms with Crippen molar-refractivity contribution in [2.24, 2.45) is 0 Å². The van der Waals surface area contributed by atoms with Gasteiger partial charge in [-0.05, 0) is 53.0 Å². The summed E-state index contributed by atoms with van der Waals surface area (Å²) in [6, 6.07) is 4.30. The van der Waals surface area contributed by atoms with Crippen LogP contribution < -0.4 is 10.5 Å². The summed E-state index contributed by atoms with van der Waals surface area (Å²) >= 11 is 3.31. The van der Waals surface area contributed by atoms with Gasteiger partial charge in [0.15, 0.2) is 0 Å². The van der Waals surface area contributed by atoms with Crippen molar-refractivity contribution in [3.63, 3.8) is 0 Å². The second kappa shape index (κ2) is 5.57. The van der Waals surface area contributed by atoms with Gasteiger partial charge in [-0.25, -0.2) is 4.39 Å². The molecule has 0 unspecified atom stereocenters. The average molecular weight is 325 g/mol. The van der Waals surface area contributed by atoms with Crippen molar-refractivity contribution in [2.45, 2.75) is 20.5 Å². The molecule has 5 heteroatoms. The second-order valence-corrected chi connectivity index (χ2v) is 5.14. The number of aromatic nitrogens is 1. The predicted octanol–water partition coefficient (Wildman–Crippen LogP) is 3.76. The molecule has 19 heavy (non-hydrogen) atoms. The lowest BCUT2D eigenvalue weighted by Gasteiger charge is -2.12. The number of nitrogens with zero attached hydrogens (tertiary/aromatic N) is 1. The Kier molecular flexibility index (Phi) is 4.04. The zero-order chi connectivity index (χ0) is 14.0. The molecule has 0 saturated heterocycles. The zero-order valence-electron chi connectivity index (χ0n) is 10.7. The maximum absolute atomic E-state index is 13.1. The summed E-state index contributed by atoms with van der Waals surface area (Å²) in [4.78, 5) is 4.29. The van der Waals surface area contributed by atoms with Crippen LogP contribution >= 0.6 is 15.9 Å². The summed E-state index contributed by atoms with van der Waals surface area (Å²) in [6.07, 6.45) is 1.71. The lowest BCUT2D eigenvalue weighted by molar-refractivity contribution is 0.297. The molecule has 0 aliphatic heterocycles. The lowest BCUT2D eigenvalue weighted by atomic mass is 10.1. The van der Waals surface area contributed by atoms with E-state index in [1.165, 1.54) is 12.1 Å². The molecule has 0 aliphatic rings. The van der Waals surface area contributed by atoms with Crippen LogP contribution in [0.4, 0.5) is 10.1 Å². The third kappa shape index (κ3) is 3.04. The summed E-state index contributed by atoms with van der Waals surface area (Å²) in [5, 5.41) is 0. The SMILES string of the molecule is Cc1cnc(COc2cc(F)ccc2Br)c(C)c1N. The summed E-state index contributed by atoms with van der Waals surface area (Å²) < 4.78 is 19.4. The minimum absolute atomic E-state index is 0.248. The van der Waals surface area contributed by atoms with Crippen molar-refractivity contribution in [2.75, 3.05) is 5.73 Å². The molecular formula is C14H14BrFN2O. The number of nitrogen functional groups attached to an aromatic ring is 1. The smallest absolute Gasteiger partial charge is 0.136 e. The van der Waals surface area contributed by atoms with E-state index in [1.807, 2.05) is 13.8 Å². The fourth-order valence-electron chi connectivity index (χ4n) is 1.67. The van der Waals surface area contributed by atoms with E-state index in [4.69, 9.17) is 10.5 Å². The van der Waals surface area contributed by atoms with E-state index in [9.17, 15) is 4.39 Å². The van der Waals surface area contributed by atoms with Gasteiger partial charge in [-0.3, -0.25) is 4.98 Å². The number of anilines is 1. The monoisotopic (exact) mass is 324 g/mol. The van der Waals surface area contributed by atoms with Gasteiger partial charge in [-0.15, -0.1) is 0 Å². The zero-order valence-corrected chi connectivity index (χ0v) is 12.3. The van der Waals surface area contributed by atoms with Gasteiger partial charge in [0.25, 0.3) is 0 Å². The maximum Gasteiger partial charge on any atom is 0.136 e. The summed E-state index contributed by atoms with van der Waals surface area (Å²) in [5.41, 5.74) is 9.24. The third-order valence-electron chi connectivity index (χ3n) is 2.93. The van der Waals surface area contributed by atoms with E-state index in [-0.39, 0.29) is 12.4 Å². The Morgan fingerprint density at radius 1 is 1.37 bits per heavy atom. The summed E-state index contributed by atoms with van der Waals surface area (Å²) in [7, 11) is 0. The number of pyridine rings is 1. The lowest BCUT2D eigenvalue weighted by Crippen LogP contribution is -2.05. The van der Waals surface area contributed by atoms with Gasteiger partial charge in [0.1, 0.15) is 18.2 Å². The molecule has 1 aromatic heterocycles. The molecular weight excluding hydrogens is 311 g/mol. The van der Waals surface area contributed by atoms with E-state index in [0.29, 0.717) is 15.9 Å². The number of halogens is 2. The summed E-state index contributed by atoms with van der Waals surface area (Å²) in [6.45, 7) is 4.05. The quantitative estimate of drug-likeness (QED) is 0.935. The van der Waals surface area contributed by atoms with Crippen molar-refractivity contribution in [3.8, 4) is 5.75 Å². The summed E-state index contributed by atoms with van der Waals surface area (Å²) in [5.74, 6) is 0.103. The predicted molar refractivity (Wildman–Crippen MR) is 76.6 cm³/mol. The van der Waals surface area contributed by atoms with Crippen LogP contribution in [-0.4, -0.2) is 4.98 Å². The molecule has 0 atom stereocenters. The molecule has 1 aromatic carbocycles. The molecule has 0 bridgehead atoms. The Bertz CT molecular complexity index is 617. The van der Waals surface area contributed by atoms with Gasteiger partial charge in [-0.2, -0.15) is 0 Å². The number of hydrogen-bond donors (Lipinski definition) is 1. The molecule has 2 N–H and O–H groups in total. The molecule has 0 amide bonds. The molecule has 2 rings (SSSR count). The van der Waals surface area contributed by atoms with Gasteiger partial charge in [0.05, 0.1) is 10.2 Å². The first-order chi connectivity index (χ1) is 8.99. The highest BCUT2D eigenvalue weighted by atomic mass is 79.9. The molecule has 1 heterocycles. The molecule has 100 valence electrons. The van der Waals surface area contributed by atoms with E-state index in [2.05, 4.69) is 20.9 Å². The minimum atomic E-state index is -0.341. The fourth-order valence-corrected chi connectivity index (χ4v) is 2.03. The normalized spacial score (nSPS) is 10.5. The highest BCUT2D eigenvalue weighted by Crippen LogP contribution is 2.27. The van der Waals surface area contributed by atoms with E-state index >= 15 is 0 Å². The Balaban J connectivity index is 2.19. The van der Waals surface area contributed by atoms with Crippen molar-refractivity contribution in [1.82, 2.24) is 4.98 Å². The highest BCUT2D eigenvalue weighted by Gasteiger charge is 2.08. The van der Waals surface area contributed by atoms with Crippen LogP contribution in [0, 0.1) is 19.7 Å². The van der Waals surface area contributed by atoms with Crippen LogP contribution in [0.1, 0.15) is 16.8 Å². The van der Waals surface area contributed by atoms with Crippen LogP contribution in [0.5, 0.6) is 5.75 Å². The molecule has 3 nitrogen and oxygen atoms in total. The van der Waals surface area contributed by atoms with Gasteiger partial charge in [0, 0.05) is 18.0 Å². The number of rotatable bonds is 3. The van der Waals surface area contributed by atoms with E-state index in [0.717, 1.165) is 16.8 Å². The third-order valence-corrected chi connectivity index (χ3v) is 3.59. The van der Waals surface area contributed by atoms with Crippen molar-refractivity contribution >= 4 is 21.6 Å². The second-order valence-electron chi connectivity index (χ2n) is 4.29. The van der Waals surface area contributed by atoms with Crippen LogP contribution in [0.2, 0.25) is 0 Å². The topological polar surface area (TPSA) is 48.1 Å². The first-order valence-electron chi connectivity index (χ1n) is 5.77. The maximum atomic E-state index is 13.1. The molecule has 2 aromatic rings. The number of nitrogens with two attached hydrogens (primary N) is 1. The van der Waals surface area contributed by atoms with Crippen LogP contribution in [0.25, 0.3) is 0 Å². The van der Waals surface area contributed by atoms with Gasteiger partial charge >= 0.3 is 0 Å². The molecule has 0 fully saturated rings. The van der Waals surface area contributed by atoms with E-state index < -0.39 is 0 Å². The Morgan fingerprint density at radius 2 is 2.11 bits per heavy atom. The molecule has 0 spiro atoms. The van der Waals surface area contributed by atoms with E-state index in [1.54, 1.807) is 12.3 Å². The molecule has 0 saturated carbocycles. The molecule has 0 radical (unpaired) electrons. The first kappa shape index (κ1) is 13.8. The number of aryl methyl sites for hydroxylation is 1. The Labute approximate surface area is 119 Å². The largest absolute Gasteiger partial charge is 0.486 e. The van der Waals surface area contributed by atoms with Gasteiger partial charge in [0.2, 0.25) is 0 Å². The Morgan fingerprint density at radius 3 is 2.84 bits per heavy atom. The van der Waals surface area contributed by atoms with Crippen molar-refractivity contribution < 1.29 is 9.13 Å². The minimum Gasteiger partial charge on any atom is -0.486 e. The fraction of sp³-hybridized carbons (Fsp3) is 0.214. The standard InChI is InChI=1S/C14H14BrFN2O/c1-8-6-18-12(9(2)14(8)17)7-19-13-5-10(16)3-4-11(13)15/h3-6H,7H2,1-2H3,(H2,17,18). The Hall–Kier alpha value is -1.62. The van der Waals surface area contributed by atoms with Crippen LogP contribution in [0.15, 0.2) is 28.9 Å². The van der Waals surface area contributed by atoms with Gasteiger partial charge < -0.3 is 10.5 Å². The van der Waals surface area contributed by atoms with Crippen molar-refractivity contribution in [1.29, 1.82) is 0 Å². The van der Waals surface area contributed by atoms with Crippen LogP contribution in [0.3, 0.4) is 0 Å². The first-order valence-corrected chi connectivity index (χ1v) is 6.56. The molecule has 0 aliphatic carbocycles. The average Bonchev–Trinajstić information content (AvgIpc) is 2.39. The van der Waals surface area contributed by atoms with Gasteiger partial charge in [-0.1, -0.05) is 0 Å².